The van der Waals surface area contributed by atoms with E-state index in [1.54, 1.807) is 0 Å². The smallest absolute Gasteiger partial charge is 0.365 e. The predicted octanol–water partition coefficient (Wildman–Crippen LogP) is 0.412. The molecule has 8 heteroatoms. The second-order valence-corrected chi connectivity index (χ2v) is 6.32. The van der Waals surface area contributed by atoms with Crippen LogP contribution in [0, 0.1) is 5.82 Å². The maximum absolute atomic E-state index is 14.5. The number of aromatic nitrogens is 2. The van der Waals surface area contributed by atoms with Gasteiger partial charge in [-0.3, -0.25) is 9.36 Å². The van der Waals surface area contributed by atoms with Crippen LogP contribution >= 0.6 is 0 Å². The molecular formula is C15H17FN4O3. The van der Waals surface area contributed by atoms with Gasteiger partial charge in [0.2, 0.25) is 0 Å². The highest BCUT2D eigenvalue weighted by atomic mass is 19.1. The number of anilines is 1. The molecule has 0 unspecified atom stereocenters. The van der Waals surface area contributed by atoms with Crippen molar-refractivity contribution >= 4 is 16.6 Å². The molecule has 23 heavy (non-hydrogen) atoms. The van der Waals surface area contributed by atoms with Gasteiger partial charge in [-0.15, -0.1) is 0 Å². The topological polar surface area (TPSA) is 93.5 Å². The van der Waals surface area contributed by atoms with Crippen LogP contribution in [0.1, 0.15) is 25.3 Å². The van der Waals surface area contributed by atoms with Crippen molar-refractivity contribution in [1.29, 1.82) is 0 Å². The third kappa shape index (κ3) is 2.13. The van der Waals surface area contributed by atoms with E-state index in [1.165, 1.54) is 10.6 Å². The van der Waals surface area contributed by atoms with E-state index < -0.39 is 17.1 Å². The Balaban J connectivity index is 2.00. The summed E-state index contributed by atoms with van der Waals surface area (Å²) in [6.45, 7) is 1.17. The number of hydrogen-bond donors (Lipinski definition) is 2. The first-order valence-corrected chi connectivity index (χ1v) is 7.68. The monoisotopic (exact) mass is 320 g/mol. The summed E-state index contributed by atoms with van der Waals surface area (Å²) in [5.41, 5.74) is 4.91. The van der Waals surface area contributed by atoms with E-state index in [4.69, 9.17) is 5.73 Å². The molecule has 2 fully saturated rings. The molecule has 7 nitrogen and oxygen atoms in total. The predicted molar refractivity (Wildman–Crippen MR) is 82.7 cm³/mol. The lowest BCUT2D eigenvalue weighted by atomic mass is 10.2. The molecule has 0 amide bonds. The molecule has 122 valence electrons. The Morgan fingerprint density at radius 1 is 1.22 bits per heavy atom. The third-order valence-electron chi connectivity index (χ3n) is 4.61. The van der Waals surface area contributed by atoms with Gasteiger partial charge in [0.25, 0.3) is 5.56 Å². The summed E-state index contributed by atoms with van der Waals surface area (Å²) in [4.78, 5) is 26.1. The zero-order chi connectivity index (χ0) is 16.3. The minimum Gasteiger partial charge on any atom is -0.421 e. The number of hydrogen-bond acceptors (Lipinski definition) is 5. The van der Waals surface area contributed by atoms with Crippen LogP contribution in [0.3, 0.4) is 0 Å². The molecule has 1 saturated heterocycles. The van der Waals surface area contributed by atoms with Crippen LogP contribution in [-0.4, -0.2) is 33.6 Å². The van der Waals surface area contributed by atoms with Crippen LogP contribution < -0.4 is 21.9 Å². The number of benzene rings is 1. The lowest BCUT2D eigenvalue weighted by molar-refractivity contribution is 0.157. The van der Waals surface area contributed by atoms with Gasteiger partial charge in [0, 0.05) is 25.2 Å². The molecule has 1 aliphatic heterocycles. The lowest BCUT2D eigenvalue weighted by Crippen LogP contribution is -2.38. The first-order chi connectivity index (χ1) is 11.0. The standard InChI is InChI=1S/C15H17FN4O3/c16-11-5-10-12(6-13(11)18-4-3-8(17)7-18)19(9-1-2-9)15(22)20(23)14(10)21/h5-6,8-9,23H,1-4,7,17H2/t8-/m0/s1. The van der Waals surface area contributed by atoms with E-state index in [1.807, 2.05) is 4.90 Å². The summed E-state index contributed by atoms with van der Waals surface area (Å²) >= 11 is 0. The summed E-state index contributed by atoms with van der Waals surface area (Å²) < 4.78 is 15.9. The van der Waals surface area contributed by atoms with E-state index in [9.17, 15) is 19.2 Å². The van der Waals surface area contributed by atoms with Gasteiger partial charge >= 0.3 is 5.69 Å². The minimum atomic E-state index is -0.898. The second kappa shape index (κ2) is 4.82. The van der Waals surface area contributed by atoms with Gasteiger partial charge in [0.05, 0.1) is 16.6 Å². The summed E-state index contributed by atoms with van der Waals surface area (Å²) in [6.07, 6.45) is 2.37. The molecule has 1 saturated carbocycles. The highest BCUT2D eigenvalue weighted by Crippen LogP contribution is 2.36. The molecule has 4 rings (SSSR count). The van der Waals surface area contributed by atoms with Crippen molar-refractivity contribution in [2.75, 3.05) is 18.0 Å². The third-order valence-corrected chi connectivity index (χ3v) is 4.61. The average molecular weight is 320 g/mol. The fraction of sp³-hybridized carbons (Fsp3) is 0.467. The molecule has 0 spiro atoms. The molecule has 2 aliphatic rings. The molecule has 3 N–H and O–H groups in total. The van der Waals surface area contributed by atoms with Crippen molar-refractivity contribution in [3.63, 3.8) is 0 Å². The molecule has 1 atom stereocenters. The molecule has 2 heterocycles. The average Bonchev–Trinajstić information content (AvgIpc) is 3.26. The van der Waals surface area contributed by atoms with E-state index in [2.05, 4.69) is 0 Å². The SMILES string of the molecule is N[C@H]1CCN(c2cc3c(cc2F)c(=O)n(O)c(=O)n3C2CC2)C1. The van der Waals surface area contributed by atoms with Crippen LogP contribution in [-0.2, 0) is 0 Å². The number of halogens is 1. The highest BCUT2D eigenvalue weighted by molar-refractivity contribution is 5.82. The Morgan fingerprint density at radius 2 is 1.96 bits per heavy atom. The van der Waals surface area contributed by atoms with Crippen molar-refractivity contribution in [2.24, 2.45) is 5.73 Å². The summed E-state index contributed by atoms with van der Waals surface area (Å²) in [7, 11) is 0. The number of nitrogens with zero attached hydrogens (tertiary/aromatic N) is 3. The molecule has 2 aromatic rings. The van der Waals surface area contributed by atoms with Crippen molar-refractivity contribution in [3.05, 3.63) is 38.8 Å². The summed E-state index contributed by atoms with van der Waals surface area (Å²) in [5, 5.41) is 9.69. The van der Waals surface area contributed by atoms with Gasteiger partial charge in [0.15, 0.2) is 0 Å². The first-order valence-electron chi connectivity index (χ1n) is 7.68. The maximum Gasteiger partial charge on any atom is 0.365 e. The number of fused-ring (bicyclic) bond motifs is 1. The molecule has 1 aromatic carbocycles. The Morgan fingerprint density at radius 3 is 2.57 bits per heavy atom. The fourth-order valence-corrected chi connectivity index (χ4v) is 3.26. The number of nitrogens with two attached hydrogens (primary N) is 1. The van der Waals surface area contributed by atoms with Crippen LogP contribution in [0.25, 0.3) is 10.9 Å². The normalized spacial score (nSPS) is 21.3. The van der Waals surface area contributed by atoms with Crippen molar-refractivity contribution in [1.82, 2.24) is 9.30 Å². The van der Waals surface area contributed by atoms with Gasteiger partial charge in [0.1, 0.15) is 5.82 Å². The molecular weight excluding hydrogens is 303 g/mol. The van der Waals surface area contributed by atoms with Gasteiger partial charge in [-0.25, -0.2) is 9.18 Å². The van der Waals surface area contributed by atoms with E-state index in [0.717, 1.165) is 25.3 Å². The minimum absolute atomic E-state index is 0.00347. The van der Waals surface area contributed by atoms with Gasteiger partial charge in [-0.05, 0) is 31.4 Å². The Bertz CT molecular complexity index is 916. The first kappa shape index (κ1) is 14.3. The maximum atomic E-state index is 14.5. The zero-order valence-corrected chi connectivity index (χ0v) is 12.4. The van der Waals surface area contributed by atoms with Crippen LogP contribution in [0.2, 0.25) is 0 Å². The number of rotatable bonds is 2. The Hall–Kier alpha value is -2.35. The Kier molecular flexibility index (Phi) is 2.99. The van der Waals surface area contributed by atoms with Gasteiger partial charge < -0.3 is 15.8 Å². The lowest BCUT2D eigenvalue weighted by Gasteiger charge is -2.20. The molecule has 1 aliphatic carbocycles. The van der Waals surface area contributed by atoms with Gasteiger partial charge in [-0.2, -0.15) is 0 Å². The van der Waals surface area contributed by atoms with Crippen molar-refractivity contribution < 1.29 is 9.60 Å². The molecule has 0 bridgehead atoms. The summed E-state index contributed by atoms with van der Waals surface area (Å²) in [5.74, 6) is -0.551. The van der Waals surface area contributed by atoms with E-state index in [0.29, 0.717) is 24.3 Å². The second-order valence-electron chi connectivity index (χ2n) is 6.32. The van der Waals surface area contributed by atoms with E-state index >= 15 is 0 Å². The van der Waals surface area contributed by atoms with Crippen molar-refractivity contribution in [3.8, 4) is 0 Å². The van der Waals surface area contributed by atoms with Crippen molar-refractivity contribution in [2.45, 2.75) is 31.3 Å². The van der Waals surface area contributed by atoms with Crippen LogP contribution in [0.15, 0.2) is 21.7 Å². The summed E-state index contributed by atoms with van der Waals surface area (Å²) in [6, 6.07) is 2.57. The molecule has 0 radical (unpaired) electrons. The fourth-order valence-electron chi connectivity index (χ4n) is 3.26. The highest BCUT2D eigenvalue weighted by Gasteiger charge is 2.30. The molecule has 1 aromatic heterocycles. The Labute approximate surface area is 130 Å². The van der Waals surface area contributed by atoms with Crippen LogP contribution in [0.5, 0.6) is 0 Å². The largest absolute Gasteiger partial charge is 0.421 e. The quantitative estimate of drug-likeness (QED) is 0.782. The van der Waals surface area contributed by atoms with Crippen LogP contribution in [0.4, 0.5) is 10.1 Å². The van der Waals surface area contributed by atoms with Gasteiger partial charge in [-0.1, -0.05) is 4.73 Å². The zero-order valence-electron chi connectivity index (χ0n) is 12.4. The van der Waals surface area contributed by atoms with E-state index in [-0.39, 0.29) is 22.2 Å².